The minimum absolute atomic E-state index is 0.468. The Labute approximate surface area is 115 Å². The maximum absolute atomic E-state index is 5.74. The zero-order valence-corrected chi connectivity index (χ0v) is 11.8. The first-order valence-corrected chi connectivity index (χ1v) is 7.20. The first-order valence-electron chi connectivity index (χ1n) is 6.79. The standard InChI is InChI=1S/C15H22N2S/c1-11-5-4-6-12(9-11)10-17-14-8-3-2-7-13(14)15(16)18/h2-3,7-8,11-12,17H,4-6,9-10H2,1H3,(H2,16,18). The van der Waals surface area contributed by atoms with E-state index in [4.69, 9.17) is 18.0 Å². The van der Waals surface area contributed by atoms with Gasteiger partial charge in [0.05, 0.1) is 0 Å². The Bertz CT molecular complexity index is 417. The lowest BCUT2D eigenvalue weighted by atomic mass is 9.82. The number of benzene rings is 1. The summed E-state index contributed by atoms with van der Waals surface area (Å²) in [7, 11) is 0. The highest BCUT2D eigenvalue weighted by atomic mass is 32.1. The summed E-state index contributed by atoms with van der Waals surface area (Å²) >= 11 is 5.08. The molecule has 0 spiro atoms. The van der Waals surface area contributed by atoms with Gasteiger partial charge in [-0.25, -0.2) is 0 Å². The molecule has 1 fully saturated rings. The van der Waals surface area contributed by atoms with Gasteiger partial charge in [0, 0.05) is 17.8 Å². The molecule has 1 aliphatic rings. The third-order valence-corrected chi connectivity index (χ3v) is 4.04. The van der Waals surface area contributed by atoms with E-state index in [1.54, 1.807) is 0 Å². The van der Waals surface area contributed by atoms with Gasteiger partial charge >= 0.3 is 0 Å². The predicted octanol–water partition coefficient (Wildman–Crippen LogP) is 3.56. The van der Waals surface area contributed by atoms with Crippen LogP contribution in [0.15, 0.2) is 24.3 Å². The molecule has 18 heavy (non-hydrogen) atoms. The zero-order chi connectivity index (χ0) is 13.0. The fourth-order valence-electron chi connectivity index (χ4n) is 2.85. The molecule has 0 bridgehead atoms. The fourth-order valence-corrected chi connectivity index (χ4v) is 3.03. The number of para-hydroxylation sites is 1. The van der Waals surface area contributed by atoms with E-state index >= 15 is 0 Å². The molecule has 2 nitrogen and oxygen atoms in total. The molecule has 0 heterocycles. The van der Waals surface area contributed by atoms with Crippen LogP contribution in [-0.4, -0.2) is 11.5 Å². The van der Waals surface area contributed by atoms with E-state index < -0.39 is 0 Å². The molecule has 0 aromatic heterocycles. The van der Waals surface area contributed by atoms with Crippen molar-refractivity contribution in [1.29, 1.82) is 0 Å². The fraction of sp³-hybridized carbons (Fsp3) is 0.533. The van der Waals surface area contributed by atoms with Gasteiger partial charge in [0.1, 0.15) is 4.99 Å². The topological polar surface area (TPSA) is 38.0 Å². The van der Waals surface area contributed by atoms with Gasteiger partial charge in [0.15, 0.2) is 0 Å². The van der Waals surface area contributed by atoms with Gasteiger partial charge < -0.3 is 11.1 Å². The molecule has 0 radical (unpaired) electrons. The second-order valence-electron chi connectivity index (χ2n) is 5.43. The van der Waals surface area contributed by atoms with Crippen LogP contribution in [0.4, 0.5) is 5.69 Å². The molecule has 2 atom stereocenters. The van der Waals surface area contributed by atoms with Crippen LogP contribution in [0, 0.1) is 11.8 Å². The largest absolute Gasteiger partial charge is 0.389 e. The molecular weight excluding hydrogens is 240 g/mol. The van der Waals surface area contributed by atoms with Gasteiger partial charge in [0.2, 0.25) is 0 Å². The minimum Gasteiger partial charge on any atom is -0.389 e. The number of thiocarbonyl (C=S) groups is 1. The molecule has 2 rings (SSSR count). The first kappa shape index (κ1) is 13.3. The van der Waals surface area contributed by atoms with Crippen molar-refractivity contribution in [2.45, 2.75) is 32.6 Å². The number of rotatable bonds is 4. The number of hydrogen-bond acceptors (Lipinski definition) is 2. The molecule has 0 saturated heterocycles. The van der Waals surface area contributed by atoms with Crippen LogP contribution in [0.2, 0.25) is 0 Å². The molecular formula is C15H22N2S. The van der Waals surface area contributed by atoms with Crippen LogP contribution in [-0.2, 0) is 0 Å². The highest BCUT2D eigenvalue weighted by molar-refractivity contribution is 7.80. The average Bonchev–Trinajstić information content (AvgIpc) is 2.37. The summed E-state index contributed by atoms with van der Waals surface area (Å²) in [6.07, 6.45) is 5.43. The van der Waals surface area contributed by atoms with Crippen molar-refractivity contribution in [2.24, 2.45) is 17.6 Å². The minimum atomic E-state index is 0.468. The number of nitrogens with one attached hydrogen (secondary N) is 1. The Balaban J connectivity index is 1.95. The molecule has 1 aromatic carbocycles. The molecule has 3 N–H and O–H groups in total. The van der Waals surface area contributed by atoms with Gasteiger partial charge in [-0.15, -0.1) is 0 Å². The normalized spacial score (nSPS) is 23.6. The molecule has 1 aromatic rings. The van der Waals surface area contributed by atoms with E-state index in [9.17, 15) is 0 Å². The maximum atomic E-state index is 5.74. The van der Waals surface area contributed by atoms with Crippen LogP contribution in [0.5, 0.6) is 0 Å². The number of nitrogens with two attached hydrogens (primary N) is 1. The van der Waals surface area contributed by atoms with Crippen molar-refractivity contribution in [2.75, 3.05) is 11.9 Å². The lowest BCUT2D eigenvalue weighted by Crippen LogP contribution is -2.22. The highest BCUT2D eigenvalue weighted by Crippen LogP contribution is 2.29. The van der Waals surface area contributed by atoms with E-state index in [1.165, 1.54) is 25.7 Å². The number of anilines is 1. The smallest absolute Gasteiger partial charge is 0.106 e. The molecule has 2 unspecified atom stereocenters. The molecule has 98 valence electrons. The van der Waals surface area contributed by atoms with Crippen molar-refractivity contribution in [3.63, 3.8) is 0 Å². The average molecular weight is 262 g/mol. The van der Waals surface area contributed by atoms with E-state index in [-0.39, 0.29) is 0 Å². The Morgan fingerprint density at radius 2 is 2.17 bits per heavy atom. The van der Waals surface area contributed by atoms with Gasteiger partial charge in [-0.2, -0.15) is 0 Å². The highest BCUT2D eigenvalue weighted by Gasteiger charge is 2.18. The molecule has 1 saturated carbocycles. The van der Waals surface area contributed by atoms with E-state index in [2.05, 4.69) is 18.3 Å². The second kappa shape index (κ2) is 6.19. The van der Waals surface area contributed by atoms with Crippen LogP contribution in [0.1, 0.15) is 38.2 Å². The Morgan fingerprint density at radius 3 is 2.89 bits per heavy atom. The summed E-state index contributed by atoms with van der Waals surface area (Å²) in [5.74, 6) is 1.66. The summed E-state index contributed by atoms with van der Waals surface area (Å²) in [6.45, 7) is 3.39. The van der Waals surface area contributed by atoms with Gasteiger partial charge in [0.25, 0.3) is 0 Å². The lowest BCUT2D eigenvalue weighted by Gasteiger charge is -2.27. The third-order valence-electron chi connectivity index (χ3n) is 3.82. The molecule has 3 heteroatoms. The van der Waals surface area contributed by atoms with Crippen molar-refractivity contribution in [1.82, 2.24) is 0 Å². The van der Waals surface area contributed by atoms with Gasteiger partial charge in [-0.3, -0.25) is 0 Å². The first-order chi connectivity index (χ1) is 8.66. The second-order valence-corrected chi connectivity index (χ2v) is 5.87. The van der Waals surface area contributed by atoms with Gasteiger partial charge in [-0.1, -0.05) is 44.1 Å². The number of hydrogen-bond donors (Lipinski definition) is 2. The Kier molecular flexibility index (Phi) is 4.59. The van der Waals surface area contributed by atoms with E-state index in [1.807, 2.05) is 18.2 Å². The van der Waals surface area contributed by atoms with Crippen molar-refractivity contribution in [3.8, 4) is 0 Å². The van der Waals surface area contributed by atoms with Gasteiger partial charge in [-0.05, 0) is 36.8 Å². The van der Waals surface area contributed by atoms with Crippen molar-refractivity contribution in [3.05, 3.63) is 29.8 Å². The third kappa shape index (κ3) is 3.45. The SMILES string of the molecule is CC1CCCC(CNc2ccccc2C(N)=S)C1. The van der Waals surface area contributed by atoms with Crippen LogP contribution < -0.4 is 11.1 Å². The Morgan fingerprint density at radius 1 is 1.39 bits per heavy atom. The summed E-state index contributed by atoms with van der Waals surface area (Å²) in [5, 5.41) is 3.52. The van der Waals surface area contributed by atoms with Crippen LogP contribution in [0.3, 0.4) is 0 Å². The summed E-state index contributed by atoms with van der Waals surface area (Å²) in [4.78, 5) is 0.468. The zero-order valence-electron chi connectivity index (χ0n) is 11.0. The van der Waals surface area contributed by atoms with E-state index in [0.717, 1.165) is 29.6 Å². The predicted molar refractivity (Wildman–Crippen MR) is 81.9 cm³/mol. The molecule has 0 aliphatic heterocycles. The Hall–Kier alpha value is -1.09. The summed E-state index contributed by atoms with van der Waals surface area (Å²) in [6, 6.07) is 8.03. The molecule has 1 aliphatic carbocycles. The van der Waals surface area contributed by atoms with Crippen molar-refractivity contribution >= 4 is 22.9 Å². The summed E-state index contributed by atoms with van der Waals surface area (Å²) in [5.41, 5.74) is 7.76. The monoisotopic (exact) mass is 262 g/mol. The van der Waals surface area contributed by atoms with E-state index in [0.29, 0.717) is 4.99 Å². The molecule has 0 amide bonds. The summed E-state index contributed by atoms with van der Waals surface area (Å²) < 4.78 is 0. The maximum Gasteiger partial charge on any atom is 0.106 e. The quantitative estimate of drug-likeness (QED) is 0.815. The van der Waals surface area contributed by atoms with Crippen LogP contribution >= 0.6 is 12.2 Å². The van der Waals surface area contributed by atoms with Crippen molar-refractivity contribution < 1.29 is 0 Å². The van der Waals surface area contributed by atoms with Crippen LogP contribution in [0.25, 0.3) is 0 Å². The lowest BCUT2D eigenvalue weighted by molar-refractivity contribution is 0.293.